The zero-order valence-electron chi connectivity index (χ0n) is 14.5. The Morgan fingerprint density at radius 2 is 2.04 bits per heavy atom. The molecule has 0 unspecified atom stereocenters. The number of nitrogens with zero attached hydrogens (tertiary/aromatic N) is 3. The molecule has 1 amide bonds. The van der Waals surface area contributed by atoms with Crippen molar-refractivity contribution in [1.29, 1.82) is 0 Å². The van der Waals surface area contributed by atoms with Gasteiger partial charge in [-0.3, -0.25) is 14.9 Å². The average molecular weight is 382 g/mol. The number of nitro benzene ring substituents is 1. The number of ether oxygens (including phenoxy) is 3. The highest BCUT2D eigenvalue weighted by atomic mass is 16.7. The summed E-state index contributed by atoms with van der Waals surface area (Å²) < 4.78 is 16.0. The van der Waals surface area contributed by atoms with Crippen LogP contribution in [-0.4, -0.2) is 34.2 Å². The number of amides is 1. The van der Waals surface area contributed by atoms with Crippen LogP contribution in [0.2, 0.25) is 0 Å². The van der Waals surface area contributed by atoms with Crippen molar-refractivity contribution in [3.8, 4) is 17.4 Å². The van der Waals surface area contributed by atoms with E-state index in [1.165, 1.54) is 24.5 Å². The zero-order chi connectivity index (χ0) is 19.5. The van der Waals surface area contributed by atoms with Crippen molar-refractivity contribution in [3.05, 3.63) is 58.4 Å². The Morgan fingerprint density at radius 1 is 1.18 bits per heavy atom. The molecular formula is C18H14N4O6. The number of non-ortho nitro benzene ring substituents is 1. The van der Waals surface area contributed by atoms with Crippen LogP contribution >= 0.6 is 0 Å². The fraction of sp³-hybridized carbons (Fsp3) is 0.167. The lowest BCUT2D eigenvalue weighted by atomic mass is 10.2. The lowest BCUT2D eigenvalue weighted by Gasteiger charge is -2.09. The van der Waals surface area contributed by atoms with Gasteiger partial charge < -0.3 is 19.5 Å². The van der Waals surface area contributed by atoms with Gasteiger partial charge in [-0.2, -0.15) is 0 Å². The number of nitrogens with one attached hydrogen (secondary N) is 1. The summed E-state index contributed by atoms with van der Waals surface area (Å²) in [5, 5.41) is 14.0. The van der Waals surface area contributed by atoms with Gasteiger partial charge in [-0.1, -0.05) is 6.07 Å². The Kier molecular flexibility index (Phi) is 4.58. The molecule has 4 rings (SSSR count). The molecule has 0 atom stereocenters. The van der Waals surface area contributed by atoms with Crippen molar-refractivity contribution in [2.45, 2.75) is 6.54 Å². The van der Waals surface area contributed by atoms with Gasteiger partial charge in [-0.15, -0.1) is 0 Å². The summed E-state index contributed by atoms with van der Waals surface area (Å²) in [4.78, 5) is 30.5. The maximum atomic E-state index is 12.1. The summed E-state index contributed by atoms with van der Waals surface area (Å²) >= 11 is 0. The first-order chi connectivity index (χ1) is 13.6. The predicted octanol–water partition coefficient (Wildman–Crippen LogP) is 1.96. The third-order valence-electron chi connectivity index (χ3n) is 4.06. The van der Waals surface area contributed by atoms with Gasteiger partial charge in [-0.25, -0.2) is 9.97 Å². The molecule has 2 aromatic carbocycles. The smallest absolute Gasteiger partial charge is 0.270 e. The summed E-state index contributed by atoms with van der Waals surface area (Å²) in [6, 6.07) is 9.56. The summed E-state index contributed by atoms with van der Waals surface area (Å²) in [5.74, 6) is 1.04. The van der Waals surface area contributed by atoms with E-state index in [9.17, 15) is 14.9 Å². The maximum Gasteiger partial charge on any atom is 0.270 e. The van der Waals surface area contributed by atoms with E-state index in [2.05, 4.69) is 15.3 Å². The molecule has 10 heteroatoms. The number of hydrogen-bond donors (Lipinski definition) is 1. The third kappa shape index (κ3) is 3.61. The molecule has 28 heavy (non-hydrogen) atoms. The highest BCUT2D eigenvalue weighted by molar-refractivity contribution is 5.86. The van der Waals surface area contributed by atoms with Crippen LogP contribution in [0.15, 0.2) is 42.7 Å². The highest BCUT2D eigenvalue weighted by Gasteiger charge is 2.15. The van der Waals surface area contributed by atoms with Gasteiger partial charge in [0.25, 0.3) is 11.6 Å². The molecule has 3 aromatic rings. The monoisotopic (exact) mass is 382 g/mol. The van der Waals surface area contributed by atoms with Gasteiger partial charge >= 0.3 is 0 Å². The van der Waals surface area contributed by atoms with Crippen LogP contribution in [0.25, 0.3) is 10.9 Å². The Morgan fingerprint density at radius 3 is 2.89 bits per heavy atom. The standard InChI is InChI=1S/C18H14N4O6/c23-17(19-7-11-1-4-15-16(5-11)28-10-27-15)8-26-18-13-6-12(22(24)25)2-3-14(13)20-9-21-18/h1-6,9H,7-8,10H2,(H,19,23). The second-order valence-electron chi connectivity index (χ2n) is 5.89. The lowest BCUT2D eigenvalue weighted by molar-refractivity contribution is -0.384. The molecule has 0 saturated carbocycles. The molecule has 142 valence electrons. The number of carbonyl (C=O) groups excluding carboxylic acids is 1. The molecule has 1 aliphatic heterocycles. The number of hydrogen-bond acceptors (Lipinski definition) is 8. The Hall–Kier alpha value is -3.95. The second kappa shape index (κ2) is 7.35. The largest absolute Gasteiger partial charge is 0.467 e. The molecule has 0 radical (unpaired) electrons. The molecule has 1 aromatic heterocycles. The first-order valence-corrected chi connectivity index (χ1v) is 8.27. The van der Waals surface area contributed by atoms with Crippen molar-refractivity contribution in [3.63, 3.8) is 0 Å². The maximum absolute atomic E-state index is 12.1. The number of nitro groups is 1. The van der Waals surface area contributed by atoms with E-state index >= 15 is 0 Å². The SMILES string of the molecule is O=C(COc1ncnc2ccc([N+](=O)[O-])cc12)NCc1ccc2c(c1)OCO2. The molecule has 1 aliphatic rings. The van der Waals surface area contributed by atoms with Crippen LogP contribution < -0.4 is 19.5 Å². The van der Waals surface area contributed by atoms with Gasteiger partial charge in [0.05, 0.1) is 15.8 Å². The normalized spacial score (nSPS) is 12.0. The Balaban J connectivity index is 1.39. The minimum atomic E-state index is -0.520. The first kappa shape index (κ1) is 17.5. The van der Waals surface area contributed by atoms with Crippen molar-refractivity contribution in [1.82, 2.24) is 15.3 Å². The molecule has 2 heterocycles. The van der Waals surface area contributed by atoms with Crippen LogP contribution in [-0.2, 0) is 11.3 Å². The number of carbonyl (C=O) groups is 1. The summed E-state index contributed by atoms with van der Waals surface area (Å²) in [6.07, 6.45) is 1.27. The van der Waals surface area contributed by atoms with Crippen LogP contribution in [0.1, 0.15) is 5.56 Å². The van der Waals surface area contributed by atoms with E-state index in [1.54, 1.807) is 12.1 Å². The van der Waals surface area contributed by atoms with Gasteiger partial charge in [0.2, 0.25) is 12.7 Å². The third-order valence-corrected chi connectivity index (χ3v) is 4.06. The van der Waals surface area contributed by atoms with E-state index in [0.29, 0.717) is 22.4 Å². The van der Waals surface area contributed by atoms with E-state index in [4.69, 9.17) is 14.2 Å². The topological polar surface area (TPSA) is 126 Å². The van der Waals surface area contributed by atoms with E-state index in [0.717, 1.165) is 5.56 Å². The van der Waals surface area contributed by atoms with Gasteiger partial charge in [0.15, 0.2) is 18.1 Å². The fourth-order valence-corrected chi connectivity index (χ4v) is 2.69. The van der Waals surface area contributed by atoms with Crippen molar-refractivity contribution >= 4 is 22.5 Å². The van der Waals surface area contributed by atoms with Crippen molar-refractivity contribution in [2.75, 3.05) is 13.4 Å². The van der Waals surface area contributed by atoms with Crippen LogP contribution in [0.5, 0.6) is 17.4 Å². The van der Waals surface area contributed by atoms with Crippen molar-refractivity contribution in [2.24, 2.45) is 0 Å². The minimum absolute atomic E-state index is 0.104. The average Bonchev–Trinajstić information content (AvgIpc) is 3.18. The Bertz CT molecular complexity index is 1070. The van der Waals surface area contributed by atoms with Crippen LogP contribution in [0, 0.1) is 10.1 Å². The van der Waals surface area contributed by atoms with Gasteiger partial charge in [-0.05, 0) is 23.8 Å². The van der Waals surface area contributed by atoms with Gasteiger partial charge in [0, 0.05) is 18.7 Å². The van der Waals surface area contributed by atoms with E-state index in [1.807, 2.05) is 6.07 Å². The number of benzene rings is 2. The fourth-order valence-electron chi connectivity index (χ4n) is 2.69. The zero-order valence-corrected chi connectivity index (χ0v) is 14.5. The first-order valence-electron chi connectivity index (χ1n) is 8.27. The van der Waals surface area contributed by atoms with Crippen LogP contribution in [0.3, 0.4) is 0 Å². The predicted molar refractivity (Wildman–Crippen MR) is 96.1 cm³/mol. The molecule has 0 spiro atoms. The Labute approximate surface area is 158 Å². The minimum Gasteiger partial charge on any atom is -0.467 e. The lowest BCUT2D eigenvalue weighted by Crippen LogP contribution is -2.28. The number of rotatable bonds is 6. The molecule has 0 aliphatic carbocycles. The summed E-state index contributed by atoms with van der Waals surface area (Å²) in [5.41, 5.74) is 1.22. The molecule has 0 fully saturated rings. The van der Waals surface area contributed by atoms with Gasteiger partial charge in [0.1, 0.15) is 6.33 Å². The molecule has 0 bridgehead atoms. The highest BCUT2D eigenvalue weighted by Crippen LogP contribution is 2.32. The van der Waals surface area contributed by atoms with Crippen molar-refractivity contribution < 1.29 is 23.9 Å². The van der Waals surface area contributed by atoms with E-state index in [-0.39, 0.29) is 37.4 Å². The van der Waals surface area contributed by atoms with Crippen LogP contribution in [0.4, 0.5) is 5.69 Å². The number of aromatic nitrogens is 2. The summed E-state index contributed by atoms with van der Waals surface area (Å²) in [6.45, 7) is 0.179. The molecule has 1 N–H and O–H groups in total. The number of fused-ring (bicyclic) bond motifs is 2. The van der Waals surface area contributed by atoms with E-state index < -0.39 is 4.92 Å². The second-order valence-corrected chi connectivity index (χ2v) is 5.89. The summed E-state index contributed by atoms with van der Waals surface area (Å²) in [7, 11) is 0. The molecular weight excluding hydrogens is 368 g/mol. The molecule has 0 saturated heterocycles. The quantitative estimate of drug-likeness (QED) is 0.506. The molecule has 10 nitrogen and oxygen atoms in total.